The average Bonchev–Trinajstić information content (AvgIpc) is 2.68. The van der Waals surface area contributed by atoms with Crippen LogP contribution in [0.25, 0.3) is 21.8 Å². The summed E-state index contributed by atoms with van der Waals surface area (Å²) in [6.45, 7) is 2.14. The van der Waals surface area contributed by atoms with Gasteiger partial charge in [-0.1, -0.05) is 30.0 Å². The SMILES string of the molecule is Cc1cc2c([cH-]1)c1cccc(Br)c1n2C.[Cl-].[Cl-].[Cl-].[Zr+4]. The zero-order valence-corrected chi connectivity index (χ0v) is 16.7. The van der Waals surface area contributed by atoms with Crippen LogP contribution >= 0.6 is 15.9 Å². The second-order valence-electron chi connectivity index (χ2n) is 4.03. The van der Waals surface area contributed by atoms with Crippen molar-refractivity contribution in [3.63, 3.8) is 0 Å². The predicted octanol–water partition coefficient (Wildman–Crippen LogP) is -4.87. The first-order valence-electron chi connectivity index (χ1n) is 4.98. The summed E-state index contributed by atoms with van der Waals surface area (Å²) >= 11 is 3.61. The van der Waals surface area contributed by atoms with Gasteiger partial charge in [0.15, 0.2) is 0 Å². The Morgan fingerprint density at radius 3 is 2.42 bits per heavy atom. The molecule has 1 nitrogen and oxygen atoms in total. The molecule has 100 valence electrons. The molecule has 1 aromatic heterocycles. The Hall–Kier alpha value is 0.603. The second kappa shape index (κ2) is 8.15. The van der Waals surface area contributed by atoms with Gasteiger partial charge < -0.3 is 41.8 Å². The number of para-hydroxylation sites is 1. The molecule has 0 unspecified atom stereocenters. The molecule has 0 fully saturated rings. The maximum absolute atomic E-state index is 3.61. The number of aromatic nitrogens is 1. The minimum Gasteiger partial charge on any atom is -1.00 e. The second-order valence-corrected chi connectivity index (χ2v) is 4.88. The van der Waals surface area contributed by atoms with Crippen LogP contribution in [-0.4, -0.2) is 4.57 Å². The standard InChI is InChI=1S/C13H11BrN.3ClH.Zr/c1-8-6-10-9-4-3-5-11(14)13(9)15(2)12(10)7-8;;;;/h3-7H,1-2H3;3*1H;/q-1;;;;+4/p-3. The number of rotatable bonds is 0. The van der Waals surface area contributed by atoms with E-state index in [1.807, 2.05) is 0 Å². The number of aryl methyl sites for hydroxylation is 2. The van der Waals surface area contributed by atoms with Gasteiger partial charge in [-0.05, 0) is 22.0 Å². The monoisotopic (exact) mass is 455 g/mol. The fourth-order valence-electron chi connectivity index (χ4n) is 2.32. The van der Waals surface area contributed by atoms with E-state index in [9.17, 15) is 0 Å². The Morgan fingerprint density at radius 1 is 1.16 bits per heavy atom. The summed E-state index contributed by atoms with van der Waals surface area (Å²) in [5.74, 6) is 0. The molecule has 3 rings (SSSR count). The third-order valence-electron chi connectivity index (χ3n) is 2.99. The van der Waals surface area contributed by atoms with E-state index in [1.165, 1.54) is 27.4 Å². The molecule has 0 spiro atoms. The van der Waals surface area contributed by atoms with E-state index in [1.54, 1.807) is 0 Å². The van der Waals surface area contributed by atoms with Crippen molar-refractivity contribution in [2.24, 2.45) is 7.05 Å². The molecule has 0 aliphatic rings. The average molecular weight is 459 g/mol. The maximum atomic E-state index is 3.61. The van der Waals surface area contributed by atoms with Gasteiger partial charge in [-0.15, -0.1) is 23.1 Å². The zero-order chi connectivity index (χ0) is 10.6. The van der Waals surface area contributed by atoms with Crippen molar-refractivity contribution in [2.75, 3.05) is 0 Å². The van der Waals surface area contributed by atoms with Crippen LogP contribution in [0.4, 0.5) is 0 Å². The van der Waals surface area contributed by atoms with Gasteiger partial charge in [0, 0.05) is 17.0 Å². The van der Waals surface area contributed by atoms with Crippen molar-refractivity contribution >= 4 is 37.7 Å². The van der Waals surface area contributed by atoms with Gasteiger partial charge in [-0.25, -0.2) is 0 Å². The van der Waals surface area contributed by atoms with Gasteiger partial charge >= 0.3 is 26.2 Å². The van der Waals surface area contributed by atoms with Gasteiger partial charge in [0.2, 0.25) is 0 Å². The van der Waals surface area contributed by atoms with Crippen LogP contribution in [0.2, 0.25) is 0 Å². The van der Waals surface area contributed by atoms with Crippen LogP contribution in [0.3, 0.4) is 0 Å². The van der Waals surface area contributed by atoms with E-state index < -0.39 is 0 Å². The van der Waals surface area contributed by atoms with Crippen LogP contribution in [0, 0.1) is 6.92 Å². The Kier molecular flexibility index (Phi) is 9.39. The van der Waals surface area contributed by atoms with Crippen LogP contribution in [0.1, 0.15) is 5.56 Å². The van der Waals surface area contributed by atoms with Gasteiger partial charge in [-0.3, -0.25) is 0 Å². The van der Waals surface area contributed by atoms with Crippen LogP contribution in [0.5, 0.6) is 0 Å². The Labute approximate surface area is 159 Å². The van der Waals surface area contributed by atoms with Crippen molar-refractivity contribution in [1.82, 2.24) is 4.57 Å². The normalized spacial score (nSPS) is 9.21. The number of hydrogen-bond acceptors (Lipinski definition) is 0. The molecule has 0 saturated heterocycles. The number of nitrogens with zero attached hydrogens (tertiary/aromatic N) is 1. The summed E-state index contributed by atoms with van der Waals surface area (Å²) in [5.41, 5.74) is 3.93. The van der Waals surface area contributed by atoms with Gasteiger partial charge in [0.05, 0.1) is 0 Å². The van der Waals surface area contributed by atoms with E-state index in [-0.39, 0.29) is 63.4 Å². The fourth-order valence-corrected chi connectivity index (χ4v) is 2.96. The van der Waals surface area contributed by atoms with Gasteiger partial charge in [0.1, 0.15) is 0 Å². The van der Waals surface area contributed by atoms with Crippen molar-refractivity contribution < 1.29 is 63.4 Å². The predicted molar refractivity (Wildman–Crippen MR) is 68.5 cm³/mol. The fraction of sp³-hybridized carbons (Fsp3) is 0.154. The third-order valence-corrected chi connectivity index (χ3v) is 3.63. The first kappa shape index (κ1) is 21.9. The first-order valence-corrected chi connectivity index (χ1v) is 5.78. The van der Waals surface area contributed by atoms with E-state index in [0.29, 0.717) is 0 Å². The molecule has 0 N–H and O–H groups in total. The molecule has 0 bridgehead atoms. The molecule has 19 heavy (non-hydrogen) atoms. The van der Waals surface area contributed by atoms with E-state index in [0.717, 1.165) is 4.47 Å². The summed E-state index contributed by atoms with van der Waals surface area (Å²) < 4.78 is 3.42. The Balaban J connectivity index is 0. The molecule has 1 heterocycles. The van der Waals surface area contributed by atoms with Gasteiger partial charge in [0.25, 0.3) is 0 Å². The molecule has 0 amide bonds. The third kappa shape index (κ3) is 3.44. The molecule has 0 radical (unpaired) electrons. The number of fused-ring (bicyclic) bond motifs is 3. The van der Waals surface area contributed by atoms with Crippen molar-refractivity contribution in [3.05, 3.63) is 40.4 Å². The van der Waals surface area contributed by atoms with Crippen molar-refractivity contribution in [2.45, 2.75) is 6.92 Å². The number of halogens is 4. The minimum absolute atomic E-state index is 0. The summed E-state index contributed by atoms with van der Waals surface area (Å²) in [7, 11) is 2.12. The summed E-state index contributed by atoms with van der Waals surface area (Å²) in [4.78, 5) is 0. The summed E-state index contributed by atoms with van der Waals surface area (Å²) in [6.07, 6.45) is 0. The van der Waals surface area contributed by atoms with Gasteiger partial charge in [-0.2, -0.15) is 0 Å². The maximum Gasteiger partial charge on any atom is 4.00 e. The van der Waals surface area contributed by atoms with Crippen LogP contribution in [0.15, 0.2) is 34.8 Å². The molecular formula is C13H11BrCl3NZr. The van der Waals surface area contributed by atoms with Crippen molar-refractivity contribution in [1.29, 1.82) is 0 Å². The molecule has 0 aliphatic heterocycles. The molecule has 6 heteroatoms. The molecule has 2 aromatic carbocycles. The van der Waals surface area contributed by atoms with Crippen molar-refractivity contribution in [3.8, 4) is 0 Å². The molecule has 3 aromatic rings. The first-order chi connectivity index (χ1) is 7.18. The zero-order valence-electron chi connectivity index (χ0n) is 10.3. The summed E-state index contributed by atoms with van der Waals surface area (Å²) in [5, 5.41) is 2.68. The molecule has 0 atom stereocenters. The topological polar surface area (TPSA) is 4.93 Å². The number of hydrogen-bond donors (Lipinski definition) is 0. The quantitative estimate of drug-likeness (QED) is 0.298. The van der Waals surface area contributed by atoms with E-state index in [4.69, 9.17) is 0 Å². The van der Waals surface area contributed by atoms with E-state index in [2.05, 4.69) is 64.8 Å². The Bertz CT molecular complexity index is 675. The van der Waals surface area contributed by atoms with E-state index >= 15 is 0 Å². The molecule has 0 aliphatic carbocycles. The minimum atomic E-state index is 0. The smallest absolute Gasteiger partial charge is 1.00 e. The Morgan fingerprint density at radius 2 is 1.79 bits per heavy atom. The van der Waals surface area contributed by atoms with Crippen LogP contribution in [-0.2, 0) is 33.3 Å². The van der Waals surface area contributed by atoms with Crippen LogP contribution < -0.4 is 37.2 Å². The molecule has 0 saturated carbocycles. The summed E-state index contributed by atoms with van der Waals surface area (Å²) in [6, 6.07) is 10.9. The largest absolute Gasteiger partial charge is 4.00 e. The number of benzene rings is 1. The molecular weight excluding hydrogens is 448 g/mol.